The molecule has 0 aliphatic rings. The van der Waals surface area contributed by atoms with Crippen molar-refractivity contribution in [1.82, 2.24) is 0 Å². The molecule has 0 amide bonds. The summed E-state index contributed by atoms with van der Waals surface area (Å²) in [6.45, 7) is 3.70. The lowest BCUT2D eigenvalue weighted by molar-refractivity contribution is -0.132. The van der Waals surface area contributed by atoms with E-state index in [0.717, 1.165) is 19.3 Å². The minimum absolute atomic E-state index is 0.308. The van der Waals surface area contributed by atoms with Crippen LogP contribution in [0.3, 0.4) is 0 Å². The molecule has 0 saturated heterocycles. The van der Waals surface area contributed by atoms with Crippen molar-refractivity contribution in [2.75, 3.05) is 0 Å². The number of unbranched alkanes of at least 4 members (excludes halogenated alkanes) is 3. The molecule has 0 aromatic rings. The largest absolute Gasteiger partial charge is 0.478 e. The predicted octanol–water partition coefficient (Wildman–Crippen LogP) is 2.74. The number of aliphatic hydroxyl groups is 1. The first-order chi connectivity index (χ1) is 7.07. The Kier molecular flexibility index (Phi) is 8.01. The Labute approximate surface area is 91.8 Å². The number of carboxylic acids is 1. The van der Waals surface area contributed by atoms with Crippen molar-refractivity contribution in [3.05, 3.63) is 11.6 Å². The van der Waals surface area contributed by atoms with Crippen molar-refractivity contribution in [2.24, 2.45) is 0 Å². The zero-order chi connectivity index (χ0) is 11.7. The van der Waals surface area contributed by atoms with E-state index >= 15 is 0 Å². The summed E-state index contributed by atoms with van der Waals surface area (Å²) < 4.78 is 0. The molecule has 0 spiro atoms. The molecule has 88 valence electrons. The monoisotopic (exact) mass is 214 g/mol. The highest BCUT2D eigenvalue weighted by Gasteiger charge is 2.04. The van der Waals surface area contributed by atoms with Crippen LogP contribution in [0.2, 0.25) is 0 Å². The van der Waals surface area contributed by atoms with Crippen molar-refractivity contribution in [1.29, 1.82) is 0 Å². The van der Waals surface area contributed by atoms with Gasteiger partial charge in [-0.1, -0.05) is 38.7 Å². The molecular formula is C12H22O3. The fourth-order valence-corrected chi connectivity index (χ4v) is 1.32. The van der Waals surface area contributed by atoms with Crippen molar-refractivity contribution in [2.45, 2.75) is 58.5 Å². The Hall–Kier alpha value is -0.830. The van der Waals surface area contributed by atoms with E-state index in [1.54, 1.807) is 13.0 Å². The zero-order valence-corrected chi connectivity index (χ0v) is 9.70. The standard InChI is InChI=1S/C12H22O3/c1-3-4-5-6-7-11(13)9-8-10(2)12(14)15/h8,11,13H,3-7,9H2,1-2H3,(H,14,15)/b10-8+. The van der Waals surface area contributed by atoms with Crippen LogP contribution in [0.1, 0.15) is 52.4 Å². The molecule has 0 rings (SSSR count). The smallest absolute Gasteiger partial charge is 0.330 e. The number of carbonyl (C=O) groups is 1. The van der Waals surface area contributed by atoms with Crippen LogP contribution in [0, 0.1) is 0 Å². The van der Waals surface area contributed by atoms with E-state index in [1.807, 2.05) is 0 Å². The first kappa shape index (κ1) is 14.2. The molecule has 3 nitrogen and oxygen atoms in total. The van der Waals surface area contributed by atoms with Gasteiger partial charge in [0.05, 0.1) is 6.10 Å². The fraction of sp³-hybridized carbons (Fsp3) is 0.750. The van der Waals surface area contributed by atoms with Crippen LogP contribution in [0.5, 0.6) is 0 Å². The van der Waals surface area contributed by atoms with Crippen LogP contribution in [0.15, 0.2) is 11.6 Å². The Balaban J connectivity index is 3.61. The number of hydrogen-bond donors (Lipinski definition) is 2. The first-order valence-corrected chi connectivity index (χ1v) is 5.66. The molecule has 0 fully saturated rings. The van der Waals surface area contributed by atoms with Gasteiger partial charge in [-0.05, 0) is 19.8 Å². The molecular weight excluding hydrogens is 192 g/mol. The van der Waals surface area contributed by atoms with E-state index in [0.29, 0.717) is 12.0 Å². The third-order valence-corrected chi connectivity index (χ3v) is 2.42. The van der Waals surface area contributed by atoms with E-state index in [-0.39, 0.29) is 0 Å². The van der Waals surface area contributed by atoms with Gasteiger partial charge in [0, 0.05) is 5.57 Å². The molecule has 2 N–H and O–H groups in total. The van der Waals surface area contributed by atoms with Gasteiger partial charge in [0.1, 0.15) is 0 Å². The number of aliphatic carboxylic acids is 1. The van der Waals surface area contributed by atoms with Gasteiger partial charge >= 0.3 is 5.97 Å². The molecule has 1 unspecified atom stereocenters. The summed E-state index contributed by atoms with van der Waals surface area (Å²) in [5.74, 6) is -0.909. The molecule has 1 atom stereocenters. The van der Waals surface area contributed by atoms with Gasteiger partial charge in [-0.15, -0.1) is 0 Å². The van der Waals surface area contributed by atoms with E-state index in [1.165, 1.54) is 12.8 Å². The van der Waals surface area contributed by atoms with Crippen molar-refractivity contribution in [3.8, 4) is 0 Å². The summed E-state index contributed by atoms with van der Waals surface area (Å²) >= 11 is 0. The number of hydrogen-bond acceptors (Lipinski definition) is 2. The minimum atomic E-state index is -0.909. The van der Waals surface area contributed by atoms with Crippen LogP contribution >= 0.6 is 0 Å². The second-order valence-electron chi connectivity index (χ2n) is 3.93. The number of carboxylic acid groups (broad SMARTS) is 1. The van der Waals surface area contributed by atoms with E-state index in [2.05, 4.69) is 6.92 Å². The second-order valence-corrected chi connectivity index (χ2v) is 3.93. The molecule has 0 radical (unpaired) electrons. The van der Waals surface area contributed by atoms with Crippen LogP contribution < -0.4 is 0 Å². The second kappa shape index (κ2) is 8.48. The summed E-state index contributed by atoms with van der Waals surface area (Å²) in [6, 6.07) is 0. The highest BCUT2D eigenvalue weighted by atomic mass is 16.4. The van der Waals surface area contributed by atoms with Gasteiger partial charge in [0.15, 0.2) is 0 Å². The average Bonchev–Trinajstić information content (AvgIpc) is 2.20. The highest BCUT2D eigenvalue weighted by Crippen LogP contribution is 2.09. The fourth-order valence-electron chi connectivity index (χ4n) is 1.32. The maximum atomic E-state index is 10.5. The van der Waals surface area contributed by atoms with Crippen LogP contribution in [0.25, 0.3) is 0 Å². The van der Waals surface area contributed by atoms with Crippen molar-refractivity contribution in [3.63, 3.8) is 0 Å². The van der Waals surface area contributed by atoms with Crippen molar-refractivity contribution >= 4 is 5.97 Å². The molecule has 15 heavy (non-hydrogen) atoms. The maximum Gasteiger partial charge on any atom is 0.330 e. The maximum absolute atomic E-state index is 10.5. The predicted molar refractivity (Wildman–Crippen MR) is 60.8 cm³/mol. The lowest BCUT2D eigenvalue weighted by atomic mass is 10.1. The van der Waals surface area contributed by atoms with Gasteiger partial charge in [-0.25, -0.2) is 4.79 Å². The zero-order valence-electron chi connectivity index (χ0n) is 9.70. The number of aliphatic hydroxyl groups excluding tert-OH is 1. The molecule has 0 bridgehead atoms. The third-order valence-electron chi connectivity index (χ3n) is 2.42. The number of rotatable bonds is 8. The molecule has 0 heterocycles. The summed E-state index contributed by atoms with van der Waals surface area (Å²) in [6.07, 6.45) is 6.98. The van der Waals surface area contributed by atoms with Crippen LogP contribution in [0.4, 0.5) is 0 Å². The van der Waals surface area contributed by atoms with Gasteiger partial charge in [0.25, 0.3) is 0 Å². The highest BCUT2D eigenvalue weighted by molar-refractivity contribution is 5.85. The molecule has 0 aromatic carbocycles. The molecule has 0 aliphatic carbocycles. The van der Waals surface area contributed by atoms with Crippen LogP contribution in [-0.4, -0.2) is 22.3 Å². The van der Waals surface area contributed by atoms with Crippen molar-refractivity contribution < 1.29 is 15.0 Å². The summed E-state index contributed by atoms with van der Waals surface area (Å²) in [4.78, 5) is 10.5. The molecule has 0 aliphatic heterocycles. The van der Waals surface area contributed by atoms with Gasteiger partial charge in [0.2, 0.25) is 0 Å². The topological polar surface area (TPSA) is 57.5 Å². The first-order valence-electron chi connectivity index (χ1n) is 5.66. The molecule has 3 heteroatoms. The molecule has 0 aromatic heterocycles. The average molecular weight is 214 g/mol. The quantitative estimate of drug-likeness (QED) is 0.482. The Bertz CT molecular complexity index is 209. The minimum Gasteiger partial charge on any atom is -0.478 e. The van der Waals surface area contributed by atoms with E-state index < -0.39 is 12.1 Å². The Morgan fingerprint density at radius 3 is 2.53 bits per heavy atom. The van der Waals surface area contributed by atoms with Gasteiger partial charge in [-0.3, -0.25) is 0 Å². The molecule has 0 saturated carbocycles. The Morgan fingerprint density at radius 1 is 1.33 bits per heavy atom. The summed E-state index contributed by atoms with van der Waals surface area (Å²) in [5, 5.41) is 18.1. The van der Waals surface area contributed by atoms with Gasteiger partial charge < -0.3 is 10.2 Å². The summed E-state index contributed by atoms with van der Waals surface area (Å²) in [5.41, 5.74) is 0.308. The van der Waals surface area contributed by atoms with Gasteiger partial charge in [-0.2, -0.15) is 0 Å². The lowest BCUT2D eigenvalue weighted by Crippen LogP contribution is -2.06. The SMILES string of the molecule is CCCCCCC(O)C/C=C(\C)C(=O)O. The third kappa shape index (κ3) is 8.18. The van der Waals surface area contributed by atoms with E-state index in [4.69, 9.17) is 5.11 Å². The van der Waals surface area contributed by atoms with E-state index in [9.17, 15) is 9.90 Å². The van der Waals surface area contributed by atoms with Crippen LogP contribution in [-0.2, 0) is 4.79 Å². The Morgan fingerprint density at radius 2 is 2.00 bits per heavy atom. The lowest BCUT2D eigenvalue weighted by Gasteiger charge is -2.07. The normalized spacial score (nSPS) is 13.9. The summed E-state index contributed by atoms with van der Waals surface area (Å²) in [7, 11) is 0.